The Labute approximate surface area is 98.8 Å². The Morgan fingerprint density at radius 2 is 2.18 bits per heavy atom. The molecule has 2 N–H and O–H groups in total. The van der Waals surface area contributed by atoms with E-state index in [9.17, 15) is 4.39 Å². The number of halogens is 1. The molecule has 17 heavy (non-hydrogen) atoms. The molecular weight excluding hydrogens is 221 g/mol. The van der Waals surface area contributed by atoms with Crippen molar-refractivity contribution in [3.8, 4) is 5.75 Å². The van der Waals surface area contributed by atoms with Gasteiger partial charge in [-0.25, -0.2) is 4.39 Å². The summed E-state index contributed by atoms with van der Waals surface area (Å²) in [6.45, 7) is 1.36. The van der Waals surface area contributed by atoms with Gasteiger partial charge < -0.3 is 10.5 Å². The van der Waals surface area contributed by atoms with Crippen LogP contribution in [0.15, 0.2) is 36.7 Å². The van der Waals surface area contributed by atoms with E-state index in [1.807, 2.05) is 0 Å². The van der Waals surface area contributed by atoms with Crippen molar-refractivity contribution in [1.29, 1.82) is 0 Å². The number of hydrogen-bond acceptors (Lipinski definition) is 3. The SMILES string of the molecule is NCCn1cc(OCc2ccccc2F)cn1. The molecule has 0 saturated carbocycles. The van der Waals surface area contributed by atoms with Crippen LogP contribution in [0.25, 0.3) is 0 Å². The van der Waals surface area contributed by atoms with E-state index in [1.54, 1.807) is 35.3 Å². The number of benzene rings is 1. The van der Waals surface area contributed by atoms with E-state index in [0.717, 1.165) is 0 Å². The number of hydrogen-bond donors (Lipinski definition) is 1. The molecule has 0 radical (unpaired) electrons. The molecule has 2 rings (SSSR count). The summed E-state index contributed by atoms with van der Waals surface area (Å²) in [4.78, 5) is 0. The fraction of sp³-hybridized carbons (Fsp3) is 0.250. The standard InChI is InChI=1S/C12H14FN3O/c13-12-4-2-1-3-10(12)9-17-11-7-15-16(8-11)6-5-14/h1-4,7-8H,5-6,9,14H2. The van der Waals surface area contributed by atoms with Crippen LogP contribution >= 0.6 is 0 Å². The second kappa shape index (κ2) is 5.45. The average Bonchev–Trinajstić information content (AvgIpc) is 2.76. The zero-order valence-corrected chi connectivity index (χ0v) is 9.34. The first-order valence-corrected chi connectivity index (χ1v) is 5.38. The third kappa shape index (κ3) is 3.04. The van der Waals surface area contributed by atoms with Crippen LogP contribution in [-0.2, 0) is 13.2 Å². The molecule has 2 aromatic rings. The van der Waals surface area contributed by atoms with Gasteiger partial charge in [-0.2, -0.15) is 5.10 Å². The van der Waals surface area contributed by atoms with Crippen molar-refractivity contribution in [2.24, 2.45) is 5.73 Å². The van der Waals surface area contributed by atoms with Gasteiger partial charge >= 0.3 is 0 Å². The van der Waals surface area contributed by atoms with E-state index in [-0.39, 0.29) is 12.4 Å². The maximum Gasteiger partial charge on any atom is 0.157 e. The van der Waals surface area contributed by atoms with Crippen molar-refractivity contribution in [2.75, 3.05) is 6.54 Å². The summed E-state index contributed by atoms with van der Waals surface area (Å²) < 4.78 is 20.4. The molecule has 1 aromatic carbocycles. The zero-order chi connectivity index (χ0) is 12.1. The Morgan fingerprint density at radius 1 is 1.35 bits per heavy atom. The maximum absolute atomic E-state index is 13.3. The van der Waals surface area contributed by atoms with Crippen LogP contribution in [-0.4, -0.2) is 16.3 Å². The molecule has 0 bridgehead atoms. The van der Waals surface area contributed by atoms with Crippen LogP contribution in [0.3, 0.4) is 0 Å². The number of nitrogens with zero attached hydrogens (tertiary/aromatic N) is 2. The molecular formula is C12H14FN3O. The fourth-order valence-electron chi connectivity index (χ4n) is 1.45. The minimum Gasteiger partial charge on any atom is -0.486 e. The Kier molecular flexibility index (Phi) is 3.72. The van der Waals surface area contributed by atoms with E-state index in [2.05, 4.69) is 5.10 Å². The van der Waals surface area contributed by atoms with Crippen LogP contribution in [0.4, 0.5) is 4.39 Å². The average molecular weight is 235 g/mol. The van der Waals surface area contributed by atoms with E-state index in [0.29, 0.717) is 24.4 Å². The summed E-state index contributed by atoms with van der Waals surface area (Å²) in [5.74, 6) is 0.351. The first kappa shape index (κ1) is 11.6. The van der Waals surface area contributed by atoms with Gasteiger partial charge in [-0.15, -0.1) is 0 Å². The number of ether oxygens (including phenoxy) is 1. The lowest BCUT2D eigenvalue weighted by Gasteiger charge is -2.04. The summed E-state index contributed by atoms with van der Waals surface area (Å²) in [5.41, 5.74) is 5.93. The highest BCUT2D eigenvalue weighted by molar-refractivity contribution is 5.18. The summed E-state index contributed by atoms with van der Waals surface area (Å²) in [6.07, 6.45) is 3.34. The molecule has 0 atom stereocenters. The Hall–Kier alpha value is -1.88. The first-order chi connectivity index (χ1) is 8.29. The van der Waals surface area contributed by atoms with Crippen LogP contribution in [0.5, 0.6) is 5.75 Å². The summed E-state index contributed by atoms with van der Waals surface area (Å²) in [7, 11) is 0. The Morgan fingerprint density at radius 3 is 2.94 bits per heavy atom. The number of rotatable bonds is 5. The smallest absolute Gasteiger partial charge is 0.157 e. The zero-order valence-electron chi connectivity index (χ0n) is 9.34. The summed E-state index contributed by atoms with van der Waals surface area (Å²) in [6, 6.07) is 6.54. The van der Waals surface area contributed by atoms with Gasteiger partial charge in [0.2, 0.25) is 0 Å². The highest BCUT2D eigenvalue weighted by Crippen LogP contribution is 2.13. The van der Waals surface area contributed by atoms with Crippen LogP contribution in [0.2, 0.25) is 0 Å². The molecule has 5 heteroatoms. The van der Waals surface area contributed by atoms with Gasteiger partial charge in [0.15, 0.2) is 5.75 Å². The molecule has 0 aliphatic carbocycles. The van der Waals surface area contributed by atoms with Crippen molar-refractivity contribution < 1.29 is 9.13 Å². The van der Waals surface area contributed by atoms with Crippen LogP contribution in [0, 0.1) is 5.82 Å². The van der Waals surface area contributed by atoms with Gasteiger partial charge in [-0.1, -0.05) is 18.2 Å². The summed E-state index contributed by atoms with van der Waals surface area (Å²) in [5, 5.41) is 4.06. The van der Waals surface area contributed by atoms with Crippen molar-refractivity contribution in [3.63, 3.8) is 0 Å². The molecule has 1 heterocycles. The van der Waals surface area contributed by atoms with E-state index >= 15 is 0 Å². The fourth-order valence-corrected chi connectivity index (χ4v) is 1.45. The van der Waals surface area contributed by atoms with Crippen molar-refractivity contribution in [3.05, 3.63) is 48.0 Å². The molecule has 0 amide bonds. The van der Waals surface area contributed by atoms with Crippen LogP contribution in [0.1, 0.15) is 5.56 Å². The lowest BCUT2D eigenvalue weighted by atomic mass is 10.2. The lowest BCUT2D eigenvalue weighted by molar-refractivity contribution is 0.299. The minimum absolute atomic E-state index is 0.195. The monoisotopic (exact) mass is 235 g/mol. The molecule has 0 saturated heterocycles. The van der Waals surface area contributed by atoms with Gasteiger partial charge in [-0.3, -0.25) is 4.68 Å². The topological polar surface area (TPSA) is 53.1 Å². The number of aromatic nitrogens is 2. The van der Waals surface area contributed by atoms with Gasteiger partial charge in [0.1, 0.15) is 12.4 Å². The molecule has 0 fully saturated rings. The Balaban J connectivity index is 1.95. The third-order valence-electron chi connectivity index (χ3n) is 2.32. The first-order valence-electron chi connectivity index (χ1n) is 5.38. The largest absolute Gasteiger partial charge is 0.486 e. The molecule has 4 nitrogen and oxygen atoms in total. The van der Waals surface area contributed by atoms with E-state index < -0.39 is 0 Å². The van der Waals surface area contributed by atoms with Gasteiger partial charge in [-0.05, 0) is 6.07 Å². The van der Waals surface area contributed by atoms with E-state index in [1.165, 1.54) is 6.07 Å². The van der Waals surface area contributed by atoms with Crippen LogP contribution < -0.4 is 10.5 Å². The Bertz CT molecular complexity index is 484. The highest BCUT2D eigenvalue weighted by atomic mass is 19.1. The van der Waals surface area contributed by atoms with Gasteiger partial charge in [0, 0.05) is 12.1 Å². The predicted molar refractivity (Wildman–Crippen MR) is 62.0 cm³/mol. The quantitative estimate of drug-likeness (QED) is 0.855. The molecule has 1 aromatic heterocycles. The molecule has 90 valence electrons. The van der Waals surface area contributed by atoms with Crippen molar-refractivity contribution in [1.82, 2.24) is 9.78 Å². The lowest BCUT2D eigenvalue weighted by Crippen LogP contribution is -2.09. The summed E-state index contributed by atoms with van der Waals surface area (Å²) >= 11 is 0. The third-order valence-corrected chi connectivity index (χ3v) is 2.32. The minimum atomic E-state index is -0.262. The van der Waals surface area contributed by atoms with Crippen molar-refractivity contribution in [2.45, 2.75) is 13.2 Å². The second-order valence-corrected chi connectivity index (χ2v) is 3.61. The molecule has 0 unspecified atom stereocenters. The molecule has 0 aliphatic heterocycles. The maximum atomic E-state index is 13.3. The van der Waals surface area contributed by atoms with Gasteiger partial charge in [0.25, 0.3) is 0 Å². The number of nitrogens with two attached hydrogens (primary N) is 1. The van der Waals surface area contributed by atoms with Crippen molar-refractivity contribution >= 4 is 0 Å². The normalized spacial score (nSPS) is 10.5. The van der Waals surface area contributed by atoms with Gasteiger partial charge in [0.05, 0.1) is 18.9 Å². The second-order valence-electron chi connectivity index (χ2n) is 3.61. The van der Waals surface area contributed by atoms with E-state index in [4.69, 9.17) is 10.5 Å². The predicted octanol–water partition coefficient (Wildman–Crippen LogP) is 1.56. The molecule has 0 aliphatic rings. The highest BCUT2D eigenvalue weighted by Gasteiger charge is 2.03. The molecule has 0 spiro atoms.